The molecule has 0 amide bonds. The van der Waals surface area contributed by atoms with Gasteiger partial charge in [0.15, 0.2) is 0 Å². The summed E-state index contributed by atoms with van der Waals surface area (Å²) in [5.74, 6) is -0.727. The maximum Gasteiger partial charge on any atom is 0.303 e. The van der Waals surface area contributed by atoms with Crippen LogP contribution in [0.3, 0.4) is 0 Å². The van der Waals surface area contributed by atoms with E-state index >= 15 is 0 Å². The van der Waals surface area contributed by atoms with Crippen molar-refractivity contribution in [2.24, 2.45) is 11.3 Å². The minimum Gasteiger partial charge on any atom is -0.481 e. The minimum atomic E-state index is -3.19. The molecule has 0 aliphatic carbocycles. The number of rotatable bonds is 5. The average Bonchev–Trinajstić information content (AvgIpc) is 2.06. The summed E-state index contributed by atoms with van der Waals surface area (Å²) in [5, 5.41) is 8.58. The molecule has 0 aromatic heterocycles. The van der Waals surface area contributed by atoms with Gasteiger partial charge < -0.3 is 5.11 Å². The fraction of sp³-hybridized carbons (Fsp3) is 0.909. The Morgan fingerprint density at radius 2 is 1.88 bits per heavy atom. The fourth-order valence-electron chi connectivity index (χ4n) is 1.69. The number of carbonyl (C=O) groups is 1. The van der Waals surface area contributed by atoms with E-state index in [1.165, 1.54) is 4.31 Å². The molecule has 0 saturated carbocycles. The van der Waals surface area contributed by atoms with Crippen molar-refractivity contribution in [3.8, 4) is 0 Å². The van der Waals surface area contributed by atoms with Crippen molar-refractivity contribution in [1.29, 1.82) is 0 Å². The van der Waals surface area contributed by atoms with Crippen molar-refractivity contribution in [3.05, 3.63) is 0 Å². The molecule has 6 heteroatoms. The third kappa shape index (κ3) is 4.63. The lowest BCUT2D eigenvalue weighted by atomic mass is 9.94. The Hall–Kier alpha value is -0.620. The van der Waals surface area contributed by atoms with E-state index in [4.69, 9.17) is 5.11 Å². The Kier molecular flexibility index (Phi) is 4.19. The molecule has 1 rings (SSSR count). The molecule has 1 N–H and O–H groups in total. The van der Waals surface area contributed by atoms with E-state index in [9.17, 15) is 13.2 Å². The second kappa shape index (κ2) is 4.94. The SMILES string of the molecule is CC(C)(C)CCS(=O)(=O)N1CC(CC(=O)O)C1. The zero-order valence-corrected chi connectivity index (χ0v) is 11.5. The molecule has 5 nitrogen and oxygen atoms in total. The van der Waals surface area contributed by atoms with Gasteiger partial charge in [-0.05, 0) is 17.8 Å². The lowest BCUT2D eigenvalue weighted by Crippen LogP contribution is -2.51. The van der Waals surface area contributed by atoms with Crippen LogP contribution < -0.4 is 0 Å². The molecule has 0 unspecified atom stereocenters. The molecule has 0 radical (unpaired) electrons. The summed E-state index contributed by atoms with van der Waals surface area (Å²) in [4.78, 5) is 10.4. The van der Waals surface area contributed by atoms with Crippen LogP contribution in [0.2, 0.25) is 0 Å². The van der Waals surface area contributed by atoms with Crippen LogP contribution >= 0.6 is 0 Å². The molecule has 1 aliphatic heterocycles. The van der Waals surface area contributed by atoms with Crippen LogP contribution in [-0.2, 0) is 14.8 Å². The number of carboxylic acid groups (broad SMARTS) is 1. The van der Waals surface area contributed by atoms with Gasteiger partial charge in [0, 0.05) is 13.1 Å². The first kappa shape index (κ1) is 14.4. The molecule has 0 atom stereocenters. The number of aliphatic carboxylic acids is 1. The van der Waals surface area contributed by atoms with Crippen LogP contribution in [0.4, 0.5) is 0 Å². The van der Waals surface area contributed by atoms with E-state index in [1.54, 1.807) is 0 Å². The monoisotopic (exact) mass is 263 g/mol. The summed E-state index contributed by atoms with van der Waals surface area (Å²) in [6.07, 6.45) is 0.681. The summed E-state index contributed by atoms with van der Waals surface area (Å²) in [7, 11) is -3.19. The molecule has 1 saturated heterocycles. The summed E-state index contributed by atoms with van der Waals surface area (Å²) in [5.41, 5.74) is -0.00158. The largest absolute Gasteiger partial charge is 0.481 e. The highest BCUT2D eigenvalue weighted by Crippen LogP contribution is 2.26. The normalized spacial score (nSPS) is 19.0. The first-order valence-corrected chi connectivity index (χ1v) is 7.41. The van der Waals surface area contributed by atoms with Crippen molar-refractivity contribution in [2.75, 3.05) is 18.8 Å². The van der Waals surface area contributed by atoms with Crippen LogP contribution in [0.15, 0.2) is 0 Å². The Balaban J connectivity index is 2.39. The van der Waals surface area contributed by atoms with Gasteiger partial charge in [0.25, 0.3) is 0 Å². The van der Waals surface area contributed by atoms with Crippen molar-refractivity contribution in [3.63, 3.8) is 0 Å². The number of hydrogen-bond donors (Lipinski definition) is 1. The first-order chi connectivity index (χ1) is 7.60. The smallest absolute Gasteiger partial charge is 0.303 e. The van der Waals surface area contributed by atoms with Gasteiger partial charge >= 0.3 is 5.97 Å². The van der Waals surface area contributed by atoms with Gasteiger partial charge in [-0.15, -0.1) is 0 Å². The topological polar surface area (TPSA) is 74.7 Å². The quantitative estimate of drug-likeness (QED) is 0.807. The second-order valence-electron chi connectivity index (χ2n) is 5.91. The Labute approximate surface area is 103 Å². The average molecular weight is 263 g/mol. The predicted molar refractivity (Wildman–Crippen MR) is 65.2 cm³/mol. The van der Waals surface area contributed by atoms with Crippen LogP contribution in [0.1, 0.15) is 33.6 Å². The van der Waals surface area contributed by atoms with Crippen LogP contribution in [0.5, 0.6) is 0 Å². The number of nitrogens with zero attached hydrogens (tertiary/aromatic N) is 1. The number of carboxylic acids is 1. The van der Waals surface area contributed by atoms with Crippen LogP contribution in [0, 0.1) is 11.3 Å². The van der Waals surface area contributed by atoms with E-state index in [0.29, 0.717) is 19.5 Å². The predicted octanol–water partition coefficient (Wildman–Crippen LogP) is 1.16. The molecule has 17 heavy (non-hydrogen) atoms. The van der Waals surface area contributed by atoms with Crippen molar-refractivity contribution in [1.82, 2.24) is 4.31 Å². The summed E-state index contributed by atoms with van der Waals surface area (Å²) in [6, 6.07) is 0. The highest BCUT2D eigenvalue weighted by atomic mass is 32.2. The zero-order valence-electron chi connectivity index (χ0n) is 10.6. The molecule has 1 aliphatic rings. The lowest BCUT2D eigenvalue weighted by molar-refractivity contribution is -0.139. The van der Waals surface area contributed by atoms with Gasteiger partial charge in [-0.3, -0.25) is 4.79 Å². The highest BCUT2D eigenvalue weighted by molar-refractivity contribution is 7.89. The number of sulfonamides is 1. The van der Waals surface area contributed by atoms with Gasteiger partial charge in [-0.25, -0.2) is 12.7 Å². The number of hydrogen-bond acceptors (Lipinski definition) is 3. The standard InChI is InChI=1S/C11H21NO4S/c1-11(2,3)4-5-17(15,16)12-7-9(8-12)6-10(13)14/h9H,4-8H2,1-3H3,(H,13,14). The summed E-state index contributed by atoms with van der Waals surface area (Å²) < 4.78 is 25.1. The lowest BCUT2D eigenvalue weighted by Gasteiger charge is -2.37. The van der Waals surface area contributed by atoms with Crippen molar-refractivity contribution < 1.29 is 18.3 Å². The molecule has 0 aromatic rings. The third-order valence-corrected chi connectivity index (χ3v) is 4.70. The third-order valence-electron chi connectivity index (χ3n) is 2.89. The fourth-order valence-corrected chi connectivity index (χ4v) is 3.69. The van der Waals surface area contributed by atoms with E-state index in [1.807, 2.05) is 20.8 Å². The molecular weight excluding hydrogens is 242 g/mol. The summed E-state index contributed by atoms with van der Waals surface area (Å²) >= 11 is 0. The maximum absolute atomic E-state index is 11.9. The molecule has 1 heterocycles. The van der Waals surface area contributed by atoms with Gasteiger partial charge in [0.05, 0.1) is 12.2 Å². The Morgan fingerprint density at radius 3 is 2.29 bits per heavy atom. The van der Waals surface area contributed by atoms with E-state index < -0.39 is 16.0 Å². The van der Waals surface area contributed by atoms with Crippen molar-refractivity contribution in [2.45, 2.75) is 33.6 Å². The summed E-state index contributed by atoms with van der Waals surface area (Å²) in [6.45, 7) is 6.74. The van der Waals surface area contributed by atoms with E-state index in [0.717, 1.165) is 0 Å². The van der Waals surface area contributed by atoms with Gasteiger partial charge in [0.1, 0.15) is 0 Å². The van der Waals surface area contributed by atoms with Crippen molar-refractivity contribution >= 4 is 16.0 Å². The zero-order chi connectivity index (χ0) is 13.3. The first-order valence-electron chi connectivity index (χ1n) is 5.80. The molecule has 0 spiro atoms. The molecule has 1 fully saturated rings. The highest BCUT2D eigenvalue weighted by Gasteiger charge is 2.36. The van der Waals surface area contributed by atoms with Gasteiger partial charge in [-0.2, -0.15) is 0 Å². The van der Waals surface area contributed by atoms with Gasteiger partial charge in [-0.1, -0.05) is 20.8 Å². The van der Waals surface area contributed by atoms with Crippen LogP contribution in [-0.4, -0.2) is 42.6 Å². The Morgan fingerprint density at radius 1 is 1.35 bits per heavy atom. The maximum atomic E-state index is 11.9. The molecule has 0 aromatic carbocycles. The second-order valence-corrected chi connectivity index (χ2v) is 8.00. The Bertz CT molecular complexity index is 377. The van der Waals surface area contributed by atoms with Gasteiger partial charge in [0.2, 0.25) is 10.0 Å². The molecule has 0 bridgehead atoms. The van der Waals surface area contributed by atoms with E-state index in [2.05, 4.69) is 0 Å². The van der Waals surface area contributed by atoms with E-state index in [-0.39, 0.29) is 23.5 Å². The minimum absolute atomic E-state index is 0.00158. The molecule has 100 valence electrons. The van der Waals surface area contributed by atoms with Crippen LogP contribution in [0.25, 0.3) is 0 Å². The molecular formula is C11H21NO4S.